The molecule has 0 saturated carbocycles. The highest BCUT2D eigenvalue weighted by Crippen LogP contribution is 2.17. The second-order valence-corrected chi connectivity index (χ2v) is 19.9. The van der Waals surface area contributed by atoms with Crippen molar-refractivity contribution >= 4 is 17.9 Å². The van der Waals surface area contributed by atoms with Gasteiger partial charge in [0.05, 0.1) is 0 Å². The van der Waals surface area contributed by atoms with Gasteiger partial charge in [0, 0.05) is 19.3 Å². The zero-order valence-corrected chi connectivity index (χ0v) is 44.5. The average molecular weight is 930 g/mol. The monoisotopic (exact) mass is 929 g/mol. The van der Waals surface area contributed by atoms with Crippen LogP contribution in [0.25, 0.3) is 0 Å². The predicted octanol–water partition coefficient (Wildman–Crippen LogP) is 19.5. The van der Waals surface area contributed by atoms with Gasteiger partial charge in [-0.1, -0.05) is 283 Å². The van der Waals surface area contributed by atoms with Gasteiger partial charge in [-0.15, -0.1) is 0 Å². The van der Waals surface area contributed by atoms with Crippen molar-refractivity contribution in [1.82, 2.24) is 0 Å². The number of carbonyl (C=O) groups is 3. The fourth-order valence-electron chi connectivity index (χ4n) is 8.78. The fraction of sp³-hybridized carbons (Fsp3) is 0.883. The fourth-order valence-corrected chi connectivity index (χ4v) is 8.78. The summed E-state index contributed by atoms with van der Waals surface area (Å²) >= 11 is 0. The summed E-state index contributed by atoms with van der Waals surface area (Å²) in [5.41, 5.74) is 0. The lowest BCUT2D eigenvalue weighted by Crippen LogP contribution is -2.30. The summed E-state index contributed by atoms with van der Waals surface area (Å²) in [7, 11) is 0. The van der Waals surface area contributed by atoms with Crippen molar-refractivity contribution in [2.45, 2.75) is 329 Å². The lowest BCUT2D eigenvalue weighted by molar-refractivity contribution is -0.167. The summed E-state index contributed by atoms with van der Waals surface area (Å²) in [5.74, 6) is -0.872. The summed E-state index contributed by atoms with van der Waals surface area (Å²) in [6.07, 6.45) is 64.9. The third-order valence-electron chi connectivity index (χ3n) is 13.2. The molecule has 0 heterocycles. The first-order valence-corrected chi connectivity index (χ1v) is 29.3. The molecule has 0 radical (unpaired) electrons. The normalized spacial score (nSPS) is 12.1. The molecule has 0 aromatic rings. The Hall–Kier alpha value is -2.11. The second-order valence-electron chi connectivity index (χ2n) is 19.9. The molecule has 0 aliphatic rings. The molecule has 0 amide bonds. The standard InChI is InChI=1S/C60H112O6/c1-4-7-10-13-16-19-21-23-24-25-26-27-28-29-30-31-32-33-34-35-37-38-41-44-47-50-53-59(62)65-56-57(55-64-58(61)52-49-46-43-40-18-15-12-9-6-3)66-60(63)54-51-48-45-42-39-36-22-20-17-14-11-8-5-2/h11,14,20,22,57H,4-10,12-13,15-19,21,23-56H2,1-3H3/b14-11-,22-20-. The maximum Gasteiger partial charge on any atom is 0.306 e. The molecule has 0 aromatic carbocycles. The van der Waals surface area contributed by atoms with E-state index in [4.69, 9.17) is 14.2 Å². The van der Waals surface area contributed by atoms with Gasteiger partial charge in [-0.3, -0.25) is 14.4 Å². The largest absolute Gasteiger partial charge is 0.462 e. The number of esters is 3. The van der Waals surface area contributed by atoms with Crippen LogP contribution in [-0.2, 0) is 28.6 Å². The molecule has 1 atom stereocenters. The Morgan fingerprint density at radius 2 is 0.576 bits per heavy atom. The van der Waals surface area contributed by atoms with Crippen molar-refractivity contribution < 1.29 is 28.6 Å². The summed E-state index contributed by atoms with van der Waals surface area (Å²) in [6.45, 7) is 6.59. The van der Waals surface area contributed by atoms with Crippen molar-refractivity contribution in [3.63, 3.8) is 0 Å². The highest BCUT2D eigenvalue weighted by Gasteiger charge is 2.19. The van der Waals surface area contributed by atoms with Crippen LogP contribution >= 0.6 is 0 Å². The predicted molar refractivity (Wildman–Crippen MR) is 284 cm³/mol. The number of unbranched alkanes of at least 4 members (excludes halogenated alkanes) is 39. The van der Waals surface area contributed by atoms with E-state index in [0.29, 0.717) is 19.3 Å². The van der Waals surface area contributed by atoms with Crippen LogP contribution in [0.15, 0.2) is 24.3 Å². The van der Waals surface area contributed by atoms with E-state index in [-0.39, 0.29) is 31.1 Å². The van der Waals surface area contributed by atoms with Crippen LogP contribution in [0.4, 0.5) is 0 Å². The molecule has 66 heavy (non-hydrogen) atoms. The lowest BCUT2D eigenvalue weighted by atomic mass is 10.0. The maximum atomic E-state index is 12.8. The molecule has 6 heteroatoms. The van der Waals surface area contributed by atoms with Crippen LogP contribution in [0.2, 0.25) is 0 Å². The molecule has 0 spiro atoms. The Balaban J connectivity index is 4.09. The Morgan fingerprint density at radius 1 is 0.303 bits per heavy atom. The molecule has 0 fully saturated rings. The van der Waals surface area contributed by atoms with E-state index >= 15 is 0 Å². The molecule has 388 valence electrons. The Morgan fingerprint density at radius 3 is 0.894 bits per heavy atom. The van der Waals surface area contributed by atoms with Gasteiger partial charge in [0.2, 0.25) is 0 Å². The number of hydrogen-bond donors (Lipinski definition) is 0. The van der Waals surface area contributed by atoms with E-state index in [9.17, 15) is 14.4 Å². The quantitative estimate of drug-likeness (QED) is 0.0262. The Bertz CT molecular complexity index is 1070. The molecule has 0 bridgehead atoms. The summed E-state index contributed by atoms with van der Waals surface area (Å²) in [6, 6.07) is 0. The topological polar surface area (TPSA) is 78.9 Å². The first kappa shape index (κ1) is 63.9. The van der Waals surface area contributed by atoms with Gasteiger partial charge in [0.25, 0.3) is 0 Å². The minimum absolute atomic E-state index is 0.0721. The van der Waals surface area contributed by atoms with E-state index < -0.39 is 6.10 Å². The lowest BCUT2D eigenvalue weighted by Gasteiger charge is -2.18. The zero-order chi connectivity index (χ0) is 47.9. The molecule has 0 saturated heterocycles. The van der Waals surface area contributed by atoms with Gasteiger partial charge in [-0.25, -0.2) is 0 Å². The van der Waals surface area contributed by atoms with Crippen LogP contribution in [0.5, 0.6) is 0 Å². The van der Waals surface area contributed by atoms with Crippen LogP contribution in [0, 0.1) is 0 Å². The number of allylic oxidation sites excluding steroid dienone is 4. The van der Waals surface area contributed by atoms with E-state index in [1.807, 2.05) is 0 Å². The summed E-state index contributed by atoms with van der Waals surface area (Å²) in [4.78, 5) is 38.0. The average Bonchev–Trinajstić information content (AvgIpc) is 3.31. The molecule has 1 unspecified atom stereocenters. The molecule has 6 nitrogen and oxygen atoms in total. The molecular formula is C60H112O6. The van der Waals surface area contributed by atoms with Gasteiger partial charge in [-0.05, 0) is 44.9 Å². The van der Waals surface area contributed by atoms with Crippen LogP contribution in [0.1, 0.15) is 323 Å². The summed E-state index contributed by atoms with van der Waals surface area (Å²) in [5, 5.41) is 0. The van der Waals surface area contributed by atoms with Crippen molar-refractivity contribution in [2.75, 3.05) is 13.2 Å². The van der Waals surface area contributed by atoms with Gasteiger partial charge >= 0.3 is 17.9 Å². The SMILES string of the molecule is CCC/C=C\C/C=C\CCCCCCCC(=O)OC(COC(=O)CCCCCCCCCCC)COC(=O)CCCCCCCCCCCCCCCCCCCCCCCCCCCC. The molecule has 0 N–H and O–H groups in total. The molecule has 0 rings (SSSR count). The second kappa shape index (κ2) is 55.5. The van der Waals surface area contributed by atoms with Crippen molar-refractivity contribution in [1.29, 1.82) is 0 Å². The summed E-state index contributed by atoms with van der Waals surface area (Å²) < 4.78 is 16.8. The van der Waals surface area contributed by atoms with Gasteiger partial charge in [0.15, 0.2) is 6.10 Å². The van der Waals surface area contributed by atoms with E-state index in [2.05, 4.69) is 45.1 Å². The van der Waals surface area contributed by atoms with Crippen LogP contribution in [-0.4, -0.2) is 37.2 Å². The highest BCUT2D eigenvalue weighted by atomic mass is 16.6. The highest BCUT2D eigenvalue weighted by molar-refractivity contribution is 5.71. The maximum absolute atomic E-state index is 12.8. The zero-order valence-electron chi connectivity index (χ0n) is 44.5. The third kappa shape index (κ3) is 52.9. The van der Waals surface area contributed by atoms with Gasteiger partial charge in [0.1, 0.15) is 13.2 Å². The Kier molecular flexibility index (Phi) is 53.7. The Labute approximate surface area is 411 Å². The van der Waals surface area contributed by atoms with Crippen molar-refractivity contribution in [3.05, 3.63) is 24.3 Å². The minimum atomic E-state index is -0.772. The van der Waals surface area contributed by atoms with Crippen LogP contribution < -0.4 is 0 Å². The van der Waals surface area contributed by atoms with E-state index in [1.54, 1.807) is 0 Å². The first-order valence-electron chi connectivity index (χ1n) is 29.3. The number of carbonyl (C=O) groups excluding carboxylic acids is 3. The molecule has 0 aliphatic heterocycles. The smallest absolute Gasteiger partial charge is 0.306 e. The number of ether oxygens (including phenoxy) is 3. The molecular weight excluding hydrogens is 817 g/mol. The molecule has 0 aromatic heterocycles. The minimum Gasteiger partial charge on any atom is -0.462 e. The van der Waals surface area contributed by atoms with Crippen LogP contribution in [0.3, 0.4) is 0 Å². The van der Waals surface area contributed by atoms with Crippen molar-refractivity contribution in [2.24, 2.45) is 0 Å². The number of rotatable bonds is 54. The van der Waals surface area contributed by atoms with E-state index in [1.165, 1.54) is 193 Å². The first-order chi connectivity index (χ1) is 32.5. The van der Waals surface area contributed by atoms with Gasteiger partial charge in [-0.2, -0.15) is 0 Å². The molecule has 0 aliphatic carbocycles. The third-order valence-corrected chi connectivity index (χ3v) is 13.2. The van der Waals surface area contributed by atoms with Gasteiger partial charge < -0.3 is 14.2 Å². The number of hydrogen-bond acceptors (Lipinski definition) is 6. The van der Waals surface area contributed by atoms with E-state index in [0.717, 1.165) is 89.9 Å². The van der Waals surface area contributed by atoms with Crippen molar-refractivity contribution in [3.8, 4) is 0 Å².